The fourth-order valence-electron chi connectivity index (χ4n) is 1.81. The zero-order chi connectivity index (χ0) is 14.5. The van der Waals surface area contributed by atoms with Gasteiger partial charge in [0, 0.05) is 6.54 Å². The summed E-state index contributed by atoms with van der Waals surface area (Å²) >= 11 is 0. The normalized spacial score (nSPS) is 21.2. The second kappa shape index (κ2) is 7.20. The summed E-state index contributed by atoms with van der Waals surface area (Å²) in [7, 11) is -2.57. The minimum atomic E-state index is -2.57. The van der Waals surface area contributed by atoms with Gasteiger partial charge in [0.15, 0.2) is 0 Å². The number of nitrogens with zero attached hydrogens (tertiary/aromatic N) is 1. The molecule has 0 aromatic rings. The van der Waals surface area contributed by atoms with Crippen LogP contribution in [-0.4, -0.2) is 53.7 Å². The Kier molecular flexibility index (Phi) is 6.20. The van der Waals surface area contributed by atoms with Gasteiger partial charge >= 0.3 is 0 Å². The minimum Gasteiger partial charge on any atom is -0.384 e. The molecule has 0 saturated carbocycles. The van der Waals surface area contributed by atoms with Crippen molar-refractivity contribution >= 4 is 13.0 Å². The van der Waals surface area contributed by atoms with Crippen LogP contribution in [0.1, 0.15) is 19.3 Å². The number of hydrogen-bond acceptors (Lipinski definition) is 5. The van der Waals surface area contributed by atoms with Crippen LogP contribution in [0, 0.1) is 5.92 Å². The van der Waals surface area contributed by atoms with E-state index in [1.165, 1.54) is 13.3 Å². The van der Waals surface area contributed by atoms with Gasteiger partial charge in [-0.1, -0.05) is 12.2 Å². The molecular weight excluding hydrogens is 267 g/mol. The lowest BCUT2D eigenvalue weighted by atomic mass is 9.95. The molecule has 0 radical (unpaired) electrons. The SMILES string of the molecule is CP(C)(=O)C(O)CNCN(O)C(=O)C1C=CCCC1. The molecule has 3 N–H and O–H groups in total. The van der Waals surface area contributed by atoms with Gasteiger partial charge in [-0.2, -0.15) is 0 Å². The Hall–Kier alpha value is -0.680. The van der Waals surface area contributed by atoms with Gasteiger partial charge in [-0.15, -0.1) is 0 Å². The van der Waals surface area contributed by atoms with Crippen molar-refractivity contribution < 1.29 is 19.7 Å². The number of carbonyl (C=O) groups is 1. The zero-order valence-corrected chi connectivity index (χ0v) is 12.3. The van der Waals surface area contributed by atoms with E-state index in [0.29, 0.717) is 5.06 Å². The molecule has 1 amide bonds. The summed E-state index contributed by atoms with van der Waals surface area (Å²) in [5.41, 5.74) is 0. The van der Waals surface area contributed by atoms with Gasteiger partial charge in [-0.3, -0.25) is 15.3 Å². The highest BCUT2D eigenvalue weighted by Gasteiger charge is 2.23. The number of aliphatic hydroxyl groups excluding tert-OH is 1. The highest BCUT2D eigenvalue weighted by Crippen LogP contribution is 2.40. The van der Waals surface area contributed by atoms with E-state index in [-0.39, 0.29) is 25.0 Å². The third-order valence-corrected chi connectivity index (χ3v) is 4.75. The fourth-order valence-corrected chi connectivity index (χ4v) is 2.38. The second-order valence-corrected chi connectivity index (χ2v) is 8.69. The molecule has 1 rings (SSSR count). The van der Waals surface area contributed by atoms with Gasteiger partial charge < -0.3 is 9.67 Å². The van der Waals surface area contributed by atoms with Gasteiger partial charge in [-0.05, 0) is 32.6 Å². The van der Waals surface area contributed by atoms with E-state index in [4.69, 9.17) is 0 Å². The van der Waals surface area contributed by atoms with Crippen molar-refractivity contribution in [1.82, 2.24) is 10.4 Å². The molecule has 7 heteroatoms. The van der Waals surface area contributed by atoms with Gasteiger partial charge in [0.25, 0.3) is 5.91 Å². The summed E-state index contributed by atoms with van der Waals surface area (Å²) in [4.78, 5) is 11.8. The zero-order valence-electron chi connectivity index (χ0n) is 11.5. The lowest BCUT2D eigenvalue weighted by Gasteiger charge is -2.23. The average Bonchev–Trinajstić information content (AvgIpc) is 2.37. The van der Waals surface area contributed by atoms with E-state index in [0.717, 1.165) is 19.3 Å². The van der Waals surface area contributed by atoms with E-state index in [1.807, 2.05) is 12.2 Å². The first-order chi connectivity index (χ1) is 8.82. The Labute approximate surface area is 113 Å². The predicted molar refractivity (Wildman–Crippen MR) is 73.4 cm³/mol. The Morgan fingerprint density at radius 3 is 2.79 bits per heavy atom. The summed E-state index contributed by atoms with van der Waals surface area (Å²) in [6, 6.07) is 0. The third-order valence-electron chi connectivity index (χ3n) is 3.13. The molecule has 0 aromatic heterocycles. The van der Waals surface area contributed by atoms with Crippen LogP contribution >= 0.6 is 7.14 Å². The van der Waals surface area contributed by atoms with Crippen molar-refractivity contribution in [2.45, 2.75) is 25.1 Å². The predicted octanol–water partition coefficient (Wildman–Crippen LogP) is 1.05. The number of allylic oxidation sites excluding steroid dienone is 1. The highest BCUT2D eigenvalue weighted by atomic mass is 31.2. The molecule has 0 spiro atoms. The third kappa shape index (κ3) is 5.45. The molecule has 6 nitrogen and oxygen atoms in total. The van der Waals surface area contributed by atoms with Crippen molar-refractivity contribution in [3.8, 4) is 0 Å². The summed E-state index contributed by atoms with van der Waals surface area (Å²) in [6.07, 6.45) is 6.43. The maximum absolute atomic E-state index is 11.8. The molecular formula is C12H23N2O4P. The first-order valence-corrected chi connectivity index (χ1v) is 9.09. The molecule has 1 aliphatic carbocycles. The minimum absolute atomic E-state index is 0.0785. The summed E-state index contributed by atoms with van der Waals surface area (Å²) < 4.78 is 11.5. The number of nitrogens with one attached hydrogen (secondary N) is 1. The summed E-state index contributed by atoms with van der Waals surface area (Å²) in [5.74, 6) is -1.59. The van der Waals surface area contributed by atoms with Gasteiger partial charge in [0.05, 0.1) is 12.6 Å². The molecule has 0 saturated heterocycles. The highest BCUT2D eigenvalue weighted by molar-refractivity contribution is 7.62. The topological polar surface area (TPSA) is 89.9 Å². The first kappa shape index (κ1) is 16.4. The smallest absolute Gasteiger partial charge is 0.254 e. The number of rotatable bonds is 6. The maximum atomic E-state index is 11.8. The van der Waals surface area contributed by atoms with Crippen LogP contribution in [0.15, 0.2) is 12.2 Å². The molecule has 110 valence electrons. The van der Waals surface area contributed by atoms with Gasteiger partial charge in [0.2, 0.25) is 0 Å². The Morgan fingerprint density at radius 2 is 2.26 bits per heavy atom. The molecule has 0 aromatic carbocycles. The average molecular weight is 290 g/mol. The number of hydrogen-bond donors (Lipinski definition) is 3. The molecule has 19 heavy (non-hydrogen) atoms. The quantitative estimate of drug-likeness (QED) is 0.224. The van der Waals surface area contributed by atoms with Gasteiger partial charge in [-0.25, -0.2) is 5.06 Å². The number of amides is 1. The monoisotopic (exact) mass is 290 g/mol. The van der Waals surface area contributed by atoms with E-state index in [1.54, 1.807) is 0 Å². The van der Waals surface area contributed by atoms with Crippen molar-refractivity contribution in [1.29, 1.82) is 0 Å². The molecule has 0 bridgehead atoms. The van der Waals surface area contributed by atoms with Crippen LogP contribution in [0.5, 0.6) is 0 Å². The van der Waals surface area contributed by atoms with Crippen LogP contribution in [0.4, 0.5) is 0 Å². The Bertz CT molecular complexity index is 380. The van der Waals surface area contributed by atoms with E-state index < -0.39 is 13.0 Å². The summed E-state index contributed by atoms with van der Waals surface area (Å²) in [5, 5.41) is 22.5. The lowest BCUT2D eigenvalue weighted by molar-refractivity contribution is -0.170. The Balaban J connectivity index is 2.33. The van der Waals surface area contributed by atoms with Crippen molar-refractivity contribution in [3.63, 3.8) is 0 Å². The van der Waals surface area contributed by atoms with E-state index >= 15 is 0 Å². The van der Waals surface area contributed by atoms with Crippen molar-refractivity contribution in [3.05, 3.63) is 12.2 Å². The molecule has 2 atom stereocenters. The van der Waals surface area contributed by atoms with Crippen LogP contribution in [0.3, 0.4) is 0 Å². The number of hydroxylamine groups is 2. The second-order valence-electron chi connectivity index (χ2n) is 5.23. The number of carbonyl (C=O) groups excluding carboxylic acids is 1. The molecule has 0 fully saturated rings. The molecule has 1 aliphatic rings. The fraction of sp³-hybridized carbons (Fsp3) is 0.750. The van der Waals surface area contributed by atoms with Crippen molar-refractivity contribution in [2.75, 3.05) is 26.5 Å². The van der Waals surface area contributed by atoms with Crippen LogP contribution in [0.25, 0.3) is 0 Å². The number of aliphatic hydroxyl groups is 1. The Morgan fingerprint density at radius 1 is 1.58 bits per heavy atom. The maximum Gasteiger partial charge on any atom is 0.254 e. The summed E-state index contributed by atoms with van der Waals surface area (Å²) in [6.45, 7) is 2.98. The first-order valence-electron chi connectivity index (χ1n) is 6.42. The van der Waals surface area contributed by atoms with Crippen LogP contribution < -0.4 is 5.32 Å². The molecule has 0 heterocycles. The van der Waals surface area contributed by atoms with Crippen molar-refractivity contribution in [2.24, 2.45) is 5.92 Å². The lowest BCUT2D eigenvalue weighted by Crippen LogP contribution is -2.41. The van der Waals surface area contributed by atoms with E-state index in [9.17, 15) is 19.7 Å². The van der Waals surface area contributed by atoms with E-state index in [2.05, 4.69) is 5.32 Å². The van der Waals surface area contributed by atoms with Gasteiger partial charge in [0.1, 0.15) is 13.0 Å². The molecule has 0 aliphatic heterocycles. The van der Waals surface area contributed by atoms with Crippen LogP contribution in [-0.2, 0) is 9.36 Å². The molecule has 2 unspecified atom stereocenters. The standard InChI is InChI=1S/C12H23N2O4P/c1-19(2,18)11(15)8-13-9-14(17)12(16)10-6-4-3-5-7-10/h4,6,10-11,13,15,17H,3,5,7-9H2,1-2H3. The van der Waals surface area contributed by atoms with Crippen LogP contribution in [0.2, 0.25) is 0 Å². The largest absolute Gasteiger partial charge is 0.384 e.